The molecule has 66 valence electrons. The molecule has 0 amide bonds. The van der Waals surface area contributed by atoms with Crippen molar-refractivity contribution < 1.29 is 4.39 Å². The maximum absolute atomic E-state index is 13.4. The zero-order valence-electron chi connectivity index (χ0n) is 7.12. The fourth-order valence-electron chi connectivity index (χ4n) is 1.15. The molecule has 3 heteroatoms. The Morgan fingerprint density at radius 1 is 1.38 bits per heavy atom. The summed E-state index contributed by atoms with van der Waals surface area (Å²) in [5.74, 6) is -0.199. The van der Waals surface area contributed by atoms with E-state index in [1.807, 2.05) is 18.4 Å². The van der Waals surface area contributed by atoms with E-state index in [1.165, 1.54) is 17.4 Å². The van der Waals surface area contributed by atoms with Crippen LogP contribution in [0.5, 0.6) is 0 Å². The molecule has 1 aromatic heterocycles. The molecule has 2 aromatic rings. The van der Waals surface area contributed by atoms with Crippen LogP contribution in [0.4, 0.5) is 4.39 Å². The minimum atomic E-state index is -0.199. The van der Waals surface area contributed by atoms with Crippen LogP contribution in [0.15, 0.2) is 29.8 Å². The number of benzene rings is 1. The van der Waals surface area contributed by atoms with Crippen LogP contribution in [-0.2, 0) is 0 Å². The smallest absolute Gasteiger partial charge is 0.133 e. The molecule has 0 saturated heterocycles. The summed E-state index contributed by atoms with van der Waals surface area (Å²) in [6, 6.07) is 5.18. The van der Waals surface area contributed by atoms with Crippen molar-refractivity contribution in [3.8, 4) is 10.6 Å². The number of nitrogens with zero attached hydrogens (tertiary/aromatic N) is 1. The van der Waals surface area contributed by atoms with E-state index in [1.54, 1.807) is 12.3 Å². The molecule has 0 saturated carbocycles. The van der Waals surface area contributed by atoms with Gasteiger partial charge in [0.1, 0.15) is 10.8 Å². The lowest BCUT2D eigenvalue weighted by molar-refractivity contribution is 0.630. The molecule has 0 aliphatic heterocycles. The Hall–Kier alpha value is -1.22. The number of rotatable bonds is 1. The molecule has 0 atom stereocenters. The molecule has 1 nitrogen and oxygen atoms in total. The van der Waals surface area contributed by atoms with Crippen LogP contribution in [0.2, 0.25) is 0 Å². The average molecular weight is 193 g/mol. The number of halogens is 1. The third-order valence-corrected chi connectivity index (χ3v) is 2.59. The van der Waals surface area contributed by atoms with E-state index in [4.69, 9.17) is 0 Å². The van der Waals surface area contributed by atoms with Gasteiger partial charge in [-0.2, -0.15) is 0 Å². The van der Waals surface area contributed by atoms with Crippen molar-refractivity contribution in [1.82, 2.24) is 4.98 Å². The lowest BCUT2D eigenvalue weighted by Gasteiger charge is -1.99. The second-order valence-electron chi connectivity index (χ2n) is 2.82. The molecule has 0 spiro atoms. The Kier molecular flexibility index (Phi) is 2.10. The fraction of sp³-hybridized carbons (Fsp3) is 0.100. The van der Waals surface area contributed by atoms with Gasteiger partial charge in [0.2, 0.25) is 0 Å². The highest BCUT2D eigenvalue weighted by molar-refractivity contribution is 7.13. The van der Waals surface area contributed by atoms with Crippen LogP contribution in [0.3, 0.4) is 0 Å². The highest BCUT2D eigenvalue weighted by Gasteiger charge is 2.06. The summed E-state index contributed by atoms with van der Waals surface area (Å²) in [6.45, 7) is 1.87. The van der Waals surface area contributed by atoms with Gasteiger partial charge in [0.05, 0.1) is 0 Å². The summed E-state index contributed by atoms with van der Waals surface area (Å²) in [6.07, 6.45) is 1.68. The van der Waals surface area contributed by atoms with Gasteiger partial charge in [-0.1, -0.05) is 6.07 Å². The van der Waals surface area contributed by atoms with Gasteiger partial charge >= 0.3 is 0 Å². The summed E-state index contributed by atoms with van der Waals surface area (Å²) in [4.78, 5) is 4.06. The summed E-state index contributed by atoms with van der Waals surface area (Å²) >= 11 is 1.44. The van der Waals surface area contributed by atoms with Crippen LogP contribution in [0.25, 0.3) is 10.6 Å². The van der Waals surface area contributed by atoms with Gasteiger partial charge in [-0.25, -0.2) is 9.37 Å². The summed E-state index contributed by atoms with van der Waals surface area (Å²) in [7, 11) is 0. The molecular weight excluding hydrogens is 185 g/mol. The topological polar surface area (TPSA) is 12.9 Å². The van der Waals surface area contributed by atoms with E-state index in [0.717, 1.165) is 10.6 Å². The number of thiazole rings is 1. The zero-order chi connectivity index (χ0) is 9.26. The van der Waals surface area contributed by atoms with Crippen molar-refractivity contribution in [2.45, 2.75) is 6.92 Å². The monoisotopic (exact) mass is 193 g/mol. The molecule has 0 unspecified atom stereocenters. The maximum atomic E-state index is 13.4. The first-order valence-corrected chi connectivity index (χ1v) is 4.81. The predicted molar refractivity (Wildman–Crippen MR) is 52.2 cm³/mol. The Morgan fingerprint density at radius 3 is 2.85 bits per heavy atom. The lowest BCUT2D eigenvalue weighted by atomic mass is 10.1. The molecule has 0 fully saturated rings. The van der Waals surface area contributed by atoms with Gasteiger partial charge in [-0.15, -0.1) is 11.3 Å². The van der Waals surface area contributed by atoms with Gasteiger partial charge in [-0.05, 0) is 24.6 Å². The Morgan fingerprint density at radius 2 is 2.23 bits per heavy atom. The van der Waals surface area contributed by atoms with E-state index in [-0.39, 0.29) is 5.82 Å². The van der Waals surface area contributed by atoms with Crippen molar-refractivity contribution in [1.29, 1.82) is 0 Å². The molecule has 0 aliphatic carbocycles. The predicted octanol–water partition coefficient (Wildman–Crippen LogP) is 3.26. The minimum Gasteiger partial charge on any atom is -0.244 e. The van der Waals surface area contributed by atoms with E-state index in [0.29, 0.717) is 5.56 Å². The quantitative estimate of drug-likeness (QED) is 0.677. The highest BCUT2D eigenvalue weighted by atomic mass is 32.1. The van der Waals surface area contributed by atoms with Crippen molar-refractivity contribution in [2.24, 2.45) is 0 Å². The number of hydrogen-bond donors (Lipinski definition) is 0. The Balaban J connectivity index is 2.53. The standard InChI is InChI=1S/C10H8FNS/c1-7-2-3-8(9(11)6-7)10-12-4-5-13-10/h2-6H,1H3. The van der Waals surface area contributed by atoms with Gasteiger partial charge in [0, 0.05) is 17.1 Å². The SMILES string of the molecule is Cc1ccc(-c2nccs2)c(F)c1. The summed E-state index contributed by atoms with van der Waals surface area (Å²) < 4.78 is 13.4. The molecule has 0 aliphatic rings. The van der Waals surface area contributed by atoms with Crippen molar-refractivity contribution in [3.05, 3.63) is 41.2 Å². The van der Waals surface area contributed by atoms with Gasteiger partial charge in [-0.3, -0.25) is 0 Å². The first kappa shape index (κ1) is 8.38. The normalized spacial score (nSPS) is 10.3. The molecule has 0 bridgehead atoms. The van der Waals surface area contributed by atoms with Crippen molar-refractivity contribution in [2.75, 3.05) is 0 Å². The second-order valence-corrected chi connectivity index (χ2v) is 3.72. The van der Waals surface area contributed by atoms with E-state index >= 15 is 0 Å². The van der Waals surface area contributed by atoms with Crippen LogP contribution in [0.1, 0.15) is 5.56 Å². The molecule has 0 radical (unpaired) electrons. The molecule has 13 heavy (non-hydrogen) atoms. The fourth-order valence-corrected chi connectivity index (χ4v) is 1.81. The Bertz CT molecular complexity index is 409. The molecule has 1 heterocycles. The van der Waals surface area contributed by atoms with Crippen molar-refractivity contribution >= 4 is 11.3 Å². The van der Waals surface area contributed by atoms with Crippen LogP contribution >= 0.6 is 11.3 Å². The number of aromatic nitrogens is 1. The van der Waals surface area contributed by atoms with Crippen LogP contribution in [-0.4, -0.2) is 4.98 Å². The van der Waals surface area contributed by atoms with Gasteiger partial charge in [0.25, 0.3) is 0 Å². The third-order valence-electron chi connectivity index (χ3n) is 1.79. The highest BCUT2D eigenvalue weighted by Crippen LogP contribution is 2.24. The Labute approximate surface area is 79.9 Å². The zero-order valence-corrected chi connectivity index (χ0v) is 7.94. The average Bonchev–Trinajstić information content (AvgIpc) is 2.56. The van der Waals surface area contributed by atoms with Gasteiger partial charge < -0.3 is 0 Å². The summed E-state index contributed by atoms with van der Waals surface area (Å²) in [5, 5.41) is 2.58. The van der Waals surface area contributed by atoms with Crippen molar-refractivity contribution in [3.63, 3.8) is 0 Å². The molecule has 2 rings (SSSR count). The molecular formula is C10H8FNS. The molecule has 0 N–H and O–H groups in total. The number of hydrogen-bond acceptors (Lipinski definition) is 2. The third kappa shape index (κ3) is 1.60. The maximum Gasteiger partial charge on any atom is 0.133 e. The summed E-state index contributed by atoms with van der Waals surface area (Å²) in [5.41, 5.74) is 1.51. The largest absolute Gasteiger partial charge is 0.244 e. The van der Waals surface area contributed by atoms with E-state index in [9.17, 15) is 4.39 Å². The number of aryl methyl sites for hydroxylation is 1. The first-order chi connectivity index (χ1) is 6.27. The first-order valence-electron chi connectivity index (χ1n) is 3.93. The second kappa shape index (κ2) is 3.26. The minimum absolute atomic E-state index is 0.199. The van der Waals surface area contributed by atoms with Crippen LogP contribution in [0, 0.1) is 12.7 Å². The van der Waals surface area contributed by atoms with E-state index < -0.39 is 0 Å². The lowest BCUT2D eigenvalue weighted by Crippen LogP contribution is -1.84. The molecule has 1 aromatic carbocycles. The van der Waals surface area contributed by atoms with E-state index in [2.05, 4.69) is 4.98 Å². The van der Waals surface area contributed by atoms with Crippen LogP contribution < -0.4 is 0 Å². The van der Waals surface area contributed by atoms with Gasteiger partial charge in [0.15, 0.2) is 0 Å².